The van der Waals surface area contributed by atoms with Crippen LogP contribution in [0.5, 0.6) is 5.75 Å². The number of ether oxygens (including phenoxy) is 1. The van der Waals surface area contributed by atoms with Crippen molar-refractivity contribution in [2.45, 2.75) is 32.4 Å². The molecule has 0 aromatic heterocycles. The topological polar surface area (TPSA) is 35.2 Å². The first kappa shape index (κ1) is 12.2. The zero-order valence-electron chi connectivity index (χ0n) is 9.34. The fourth-order valence-corrected chi connectivity index (χ4v) is 2.56. The number of halogens is 2. The van der Waals surface area contributed by atoms with Gasteiger partial charge in [-0.05, 0) is 18.2 Å². The molecule has 1 fully saturated rings. The van der Waals surface area contributed by atoms with Gasteiger partial charge in [0.15, 0.2) is 0 Å². The number of benzene rings is 1. The third-order valence-electron chi connectivity index (χ3n) is 3.42. The third-order valence-corrected chi connectivity index (χ3v) is 4.21. The summed E-state index contributed by atoms with van der Waals surface area (Å²) in [6.07, 6.45) is 1.04. The smallest absolute Gasteiger partial charge is 0.138 e. The Bertz CT molecular complexity index is 408. The van der Waals surface area contributed by atoms with Gasteiger partial charge in [-0.15, -0.1) is 0 Å². The summed E-state index contributed by atoms with van der Waals surface area (Å²) in [4.78, 5) is 0. The van der Waals surface area contributed by atoms with Crippen LogP contribution < -0.4 is 10.5 Å². The molecule has 2 N–H and O–H groups in total. The van der Waals surface area contributed by atoms with E-state index in [-0.39, 0.29) is 17.6 Å². The van der Waals surface area contributed by atoms with Gasteiger partial charge in [-0.1, -0.05) is 41.4 Å². The van der Waals surface area contributed by atoms with Gasteiger partial charge in [0.25, 0.3) is 0 Å². The third kappa shape index (κ3) is 2.08. The lowest BCUT2D eigenvalue weighted by Gasteiger charge is -2.49. The Morgan fingerprint density at radius 2 is 2.19 bits per heavy atom. The summed E-state index contributed by atoms with van der Waals surface area (Å²) in [6, 6.07) is 5.86. The lowest BCUT2D eigenvalue weighted by Crippen LogP contribution is -2.60. The van der Waals surface area contributed by atoms with Gasteiger partial charge in [-0.3, -0.25) is 0 Å². The maximum absolute atomic E-state index is 6.10. The minimum atomic E-state index is 0.0242. The molecule has 2 unspecified atom stereocenters. The second kappa shape index (κ2) is 4.21. The Morgan fingerprint density at radius 3 is 2.69 bits per heavy atom. The van der Waals surface area contributed by atoms with Crippen LogP contribution in [0.15, 0.2) is 22.7 Å². The lowest BCUT2D eigenvalue weighted by molar-refractivity contribution is -0.0399. The van der Waals surface area contributed by atoms with E-state index in [0.717, 1.165) is 16.6 Å². The van der Waals surface area contributed by atoms with Crippen molar-refractivity contribution in [3.05, 3.63) is 27.7 Å². The largest absolute Gasteiger partial charge is 0.488 e. The Morgan fingerprint density at radius 1 is 1.50 bits per heavy atom. The Hall–Kier alpha value is -0.250. The molecular weight excluding hydrogens is 289 g/mol. The van der Waals surface area contributed by atoms with Gasteiger partial charge >= 0.3 is 0 Å². The highest BCUT2D eigenvalue weighted by atomic mass is 79.9. The quantitative estimate of drug-likeness (QED) is 0.906. The standard InChI is InChI=1S/C12H15BrClNO/c1-12(2)10(15)6-11(12)16-9-4-3-7(13)5-8(9)14/h3-5,10-11H,6,15H2,1-2H3. The van der Waals surface area contributed by atoms with Crippen molar-refractivity contribution in [3.63, 3.8) is 0 Å². The second-order valence-electron chi connectivity index (χ2n) is 4.84. The highest BCUT2D eigenvalue weighted by Gasteiger charge is 2.48. The molecule has 4 heteroatoms. The molecule has 0 heterocycles. The first-order chi connectivity index (χ1) is 7.41. The Labute approximate surface area is 109 Å². The van der Waals surface area contributed by atoms with Crippen molar-refractivity contribution in [3.8, 4) is 5.75 Å². The maximum atomic E-state index is 6.10. The summed E-state index contributed by atoms with van der Waals surface area (Å²) in [5.41, 5.74) is 5.97. The van der Waals surface area contributed by atoms with Crippen LogP contribution >= 0.6 is 27.5 Å². The molecule has 2 atom stereocenters. The predicted molar refractivity (Wildman–Crippen MR) is 69.9 cm³/mol. The summed E-state index contributed by atoms with van der Waals surface area (Å²) >= 11 is 9.46. The van der Waals surface area contributed by atoms with Gasteiger partial charge in [0.05, 0.1) is 5.02 Å². The van der Waals surface area contributed by atoms with Gasteiger partial charge in [0, 0.05) is 22.4 Å². The van der Waals surface area contributed by atoms with Crippen molar-refractivity contribution in [1.82, 2.24) is 0 Å². The fourth-order valence-electron chi connectivity index (χ4n) is 1.84. The van der Waals surface area contributed by atoms with E-state index in [1.54, 1.807) is 0 Å². The molecule has 2 nitrogen and oxygen atoms in total. The van der Waals surface area contributed by atoms with Gasteiger partial charge in [0.1, 0.15) is 11.9 Å². The summed E-state index contributed by atoms with van der Waals surface area (Å²) in [7, 11) is 0. The summed E-state index contributed by atoms with van der Waals surface area (Å²) in [5.74, 6) is 0.731. The molecule has 0 radical (unpaired) electrons. The monoisotopic (exact) mass is 303 g/mol. The van der Waals surface area contributed by atoms with Crippen LogP contribution in [0.25, 0.3) is 0 Å². The molecule has 0 bridgehead atoms. The second-order valence-corrected chi connectivity index (χ2v) is 6.17. The molecule has 0 amide bonds. The van der Waals surface area contributed by atoms with E-state index in [1.807, 2.05) is 18.2 Å². The molecule has 88 valence electrons. The molecule has 1 aromatic rings. The van der Waals surface area contributed by atoms with E-state index in [9.17, 15) is 0 Å². The van der Waals surface area contributed by atoms with Gasteiger partial charge in [0.2, 0.25) is 0 Å². The van der Waals surface area contributed by atoms with E-state index in [0.29, 0.717) is 5.02 Å². The average Bonchev–Trinajstić information content (AvgIpc) is 2.21. The Balaban J connectivity index is 2.11. The highest BCUT2D eigenvalue weighted by Crippen LogP contribution is 2.43. The van der Waals surface area contributed by atoms with Crippen molar-refractivity contribution >= 4 is 27.5 Å². The van der Waals surface area contributed by atoms with Crippen LogP contribution in [0.4, 0.5) is 0 Å². The van der Waals surface area contributed by atoms with E-state index in [4.69, 9.17) is 22.1 Å². The number of hydrogen-bond acceptors (Lipinski definition) is 2. The summed E-state index contributed by atoms with van der Waals surface area (Å²) < 4.78 is 6.84. The number of hydrogen-bond donors (Lipinski definition) is 1. The predicted octanol–water partition coefficient (Wildman–Crippen LogP) is 3.61. The molecule has 0 aliphatic heterocycles. The average molecular weight is 305 g/mol. The first-order valence-corrected chi connectivity index (χ1v) is 6.45. The van der Waals surface area contributed by atoms with Crippen molar-refractivity contribution in [1.29, 1.82) is 0 Å². The SMILES string of the molecule is CC1(C)C(N)CC1Oc1ccc(Br)cc1Cl. The molecular formula is C12H15BrClNO. The van der Waals surface area contributed by atoms with Crippen LogP contribution in [0.1, 0.15) is 20.3 Å². The van der Waals surface area contributed by atoms with E-state index < -0.39 is 0 Å². The fraction of sp³-hybridized carbons (Fsp3) is 0.500. The molecule has 1 saturated carbocycles. The number of nitrogens with two attached hydrogens (primary N) is 1. The number of rotatable bonds is 2. The van der Waals surface area contributed by atoms with Gasteiger partial charge in [-0.2, -0.15) is 0 Å². The molecule has 1 aliphatic carbocycles. The normalized spacial score (nSPS) is 27.3. The zero-order chi connectivity index (χ0) is 11.9. The van der Waals surface area contributed by atoms with Crippen LogP contribution in [-0.2, 0) is 0 Å². The molecule has 0 saturated heterocycles. The van der Waals surface area contributed by atoms with E-state index in [2.05, 4.69) is 29.8 Å². The first-order valence-electron chi connectivity index (χ1n) is 5.28. The molecule has 16 heavy (non-hydrogen) atoms. The molecule has 0 spiro atoms. The minimum absolute atomic E-state index is 0.0242. The zero-order valence-corrected chi connectivity index (χ0v) is 11.7. The van der Waals surface area contributed by atoms with E-state index >= 15 is 0 Å². The van der Waals surface area contributed by atoms with E-state index in [1.165, 1.54) is 0 Å². The maximum Gasteiger partial charge on any atom is 0.138 e. The lowest BCUT2D eigenvalue weighted by atomic mass is 9.65. The van der Waals surface area contributed by atoms with Gasteiger partial charge < -0.3 is 10.5 Å². The van der Waals surface area contributed by atoms with Crippen molar-refractivity contribution < 1.29 is 4.74 Å². The summed E-state index contributed by atoms with van der Waals surface area (Å²) in [5, 5.41) is 0.630. The van der Waals surface area contributed by atoms with Crippen LogP contribution in [0.2, 0.25) is 5.02 Å². The van der Waals surface area contributed by atoms with Crippen molar-refractivity contribution in [2.75, 3.05) is 0 Å². The molecule has 1 aliphatic rings. The van der Waals surface area contributed by atoms with Crippen LogP contribution in [0.3, 0.4) is 0 Å². The van der Waals surface area contributed by atoms with Gasteiger partial charge in [-0.25, -0.2) is 0 Å². The Kier molecular flexibility index (Phi) is 3.21. The summed E-state index contributed by atoms with van der Waals surface area (Å²) in [6.45, 7) is 4.25. The van der Waals surface area contributed by atoms with Crippen LogP contribution in [0, 0.1) is 5.41 Å². The highest BCUT2D eigenvalue weighted by molar-refractivity contribution is 9.10. The molecule has 2 rings (SSSR count). The van der Waals surface area contributed by atoms with Crippen molar-refractivity contribution in [2.24, 2.45) is 11.1 Å². The minimum Gasteiger partial charge on any atom is -0.488 e. The van der Waals surface area contributed by atoms with Crippen LogP contribution in [-0.4, -0.2) is 12.1 Å². The molecule has 1 aromatic carbocycles.